The summed E-state index contributed by atoms with van der Waals surface area (Å²) in [7, 11) is 0. The van der Waals surface area contributed by atoms with Gasteiger partial charge in [0.1, 0.15) is 11.6 Å². The number of ether oxygens (including phenoxy) is 1. The Balaban J connectivity index is 1.37. The minimum Gasteiger partial charge on any atom is -0.476 e. The molecule has 4 rings (SSSR count). The molecule has 10 heteroatoms. The number of rotatable bonds is 8. The lowest BCUT2D eigenvalue weighted by atomic mass is 9.96. The van der Waals surface area contributed by atoms with E-state index in [-0.39, 0.29) is 42.6 Å². The van der Waals surface area contributed by atoms with Crippen LogP contribution < -0.4 is 20.3 Å². The van der Waals surface area contributed by atoms with E-state index in [0.29, 0.717) is 21.4 Å². The Morgan fingerprint density at radius 3 is 2.47 bits per heavy atom. The van der Waals surface area contributed by atoms with Crippen LogP contribution in [0, 0.1) is 0 Å². The van der Waals surface area contributed by atoms with E-state index >= 15 is 0 Å². The van der Waals surface area contributed by atoms with Crippen LogP contribution in [-0.2, 0) is 4.79 Å². The van der Waals surface area contributed by atoms with Crippen LogP contribution in [0.3, 0.4) is 0 Å². The van der Waals surface area contributed by atoms with Crippen molar-refractivity contribution in [2.75, 3.05) is 11.5 Å². The molecule has 1 unspecified atom stereocenters. The number of amides is 2. The van der Waals surface area contributed by atoms with Gasteiger partial charge in [0.15, 0.2) is 5.60 Å². The lowest BCUT2D eigenvalue weighted by Crippen LogP contribution is -2.55. The summed E-state index contributed by atoms with van der Waals surface area (Å²) < 4.78 is 5.94. The highest BCUT2D eigenvalue weighted by Crippen LogP contribution is 2.39. The largest absolute Gasteiger partial charge is 0.476 e. The normalized spacial score (nSPS) is 22.2. The molecule has 2 amide bonds. The van der Waals surface area contributed by atoms with E-state index in [0.717, 1.165) is 31.5 Å². The number of halogens is 2. The average molecular weight is 535 g/mol. The number of aliphatic hydroxyl groups is 1. The highest BCUT2D eigenvalue weighted by Gasteiger charge is 2.43. The van der Waals surface area contributed by atoms with Gasteiger partial charge in [-0.3, -0.25) is 9.59 Å². The summed E-state index contributed by atoms with van der Waals surface area (Å²) in [6.45, 7) is 5.06. The molecule has 3 N–H and O–H groups in total. The first-order valence-electron chi connectivity index (χ1n) is 12.2. The van der Waals surface area contributed by atoms with E-state index in [2.05, 4.69) is 20.5 Å². The van der Waals surface area contributed by atoms with E-state index in [9.17, 15) is 9.59 Å². The van der Waals surface area contributed by atoms with E-state index in [1.54, 1.807) is 51.2 Å². The molecule has 2 fully saturated rings. The second-order valence-electron chi connectivity index (χ2n) is 10.1. The molecule has 2 saturated heterocycles. The highest BCUT2D eigenvalue weighted by molar-refractivity contribution is 6.35. The molecule has 1 aromatic heterocycles. The zero-order valence-corrected chi connectivity index (χ0v) is 22.1. The number of benzene rings is 1. The number of hydrogen-bond donors (Lipinski definition) is 3. The second-order valence-corrected chi connectivity index (χ2v) is 10.9. The number of nitrogens with zero attached hydrogens (tertiary/aromatic N) is 2. The van der Waals surface area contributed by atoms with Gasteiger partial charge in [-0.25, -0.2) is 4.98 Å². The zero-order valence-electron chi connectivity index (χ0n) is 20.6. The first-order valence-corrected chi connectivity index (χ1v) is 12.9. The van der Waals surface area contributed by atoms with Gasteiger partial charge in [-0.2, -0.15) is 0 Å². The zero-order chi connectivity index (χ0) is 26.0. The SMILES string of the molecule is C[C@H](CO)NC(=O)c1ccc(N2[C@@H]3CC[C@H]2CC(NC(=O)C(C)(C)Oc2ccc(Cl)cc2Cl)C3)nc1. The number of fused-ring (bicyclic) bond motifs is 2. The van der Waals surface area contributed by atoms with Gasteiger partial charge in [-0.15, -0.1) is 0 Å². The summed E-state index contributed by atoms with van der Waals surface area (Å²) in [5.41, 5.74) is -0.657. The molecule has 36 heavy (non-hydrogen) atoms. The van der Waals surface area contributed by atoms with Crippen LogP contribution in [-0.4, -0.2) is 58.3 Å². The lowest BCUT2D eigenvalue weighted by molar-refractivity contribution is -0.135. The number of carbonyl (C=O) groups is 2. The van der Waals surface area contributed by atoms with Crippen molar-refractivity contribution in [2.24, 2.45) is 0 Å². The Kier molecular flexibility index (Phi) is 7.97. The van der Waals surface area contributed by atoms with Crippen molar-refractivity contribution in [3.8, 4) is 5.75 Å². The summed E-state index contributed by atoms with van der Waals surface area (Å²) in [6, 6.07) is 8.77. The van der Waals surface area contributed by atoms with Crippen LogP contribution in [0.2, 0.25) is 10.0 Å². The quantitative estimate of drug-likeness (QED) is 0.473. The molecule has 0 spiro atoms. The standard InChI is InChI=1S/C26H32Cl2N4O4/c1-15(14-33)30-24(34)16-4-9-23(29-13-16)32-19-6-7-20(32)12-18(11-19)31-25(35)26(2,3)36-22-8-5-17(27)10-21(22)28/h4-5,8-10,13,15,18-20,33H,6-7,11-12,14H2,1-3H3,(H,30,34)(H,31,35)/t15-,18?,19-,20+/m1/s1. The molecule has 3 heterocycles. The van der Waals surface area contributed by atoms with Crippen molar-refractivity contribution in [3.05, 3.63) is 52.1 Å². The number of anilines is 1. The number of piperidine rings is 1. The predicted octanol–water partition coefficient (Wildman–Crippen LogP) is 3.97. The molecular weight excluding hydrogens is 503 g/mol. The molecule has 1 aromatic carbocycles. The minimum atomic E-state index is -1.11. The third-order valence-corrected chi connectivity index (χ3v) is 7.33. The maximum absolute atomic E-state index is 13.1. The molecule has 4 atom stereocenters. The molecule has 2 aliphatic rings. The van der Waals surface area contributed by atoms with Gasteiger partial charge >= 0.3 is 0 Å². The monoisotopic (exact) mass is 534 g/mol. The Labute approximate surface area is 221 Å². The van der Waals surface area contributed by atoms with Crippen LogP contribution in [0.5, 0.6) is 5.75 Å². The van der Waals surface area contributed by atoms with E-state index in [1.165, 1.54) is 0 Å². The van der Waals surface area contributed by atoms with Gasteiger partial charge in [0, 0.05) is 35.4 Å². The number of nitrogens with one attached hydrogen (secondary N) is 2. The third kappa shape index (κ3) is 5.88. The molecule has 2 aliphatic heterocycles. The van der Waals surface area contributed by atoms with Gasteiger partial charge in [-0.1, -0.05) is 23.2 Å². The van der Waals surface area contributed by atoms with Gasteiger partial charge in [0.2, 0.25) is 0 Å². The number of hydrogen-bond acceptors (Lipinski definition) is 6. The summed E-state index contributed by atoms with van der Waals surface area (Å²) in [6.07, 6.45) is 5.23. The highest BCUT2D eigenvalue weighted by atomic mass is 35.5. The van der Waals surface area contributed by atoms with Crippen LogP contribution in [0.25, 0.3) is 0 Å². The van der Waals surface area contributed by atoms with Crippen LogP contribution in [0.1, 0.15) is 56.8 Å². The van der Waals surface area contributed by atoms with Crippen LogP contribution >= 0.6 is 23.2 Å². The fraction of sp³-hybridized carbons (Fsp3) is 0.500. The topological polar surface area (TPSA) is 104 Å². The molecule has 8 nitrogen and oxygen atoms in total. The summed E-state index contributed by atoms with van der Waals surface area (Å²) in [5, 5.41) is 15.9. The van der Waals surface area contributed by atoms with E-state index < -0.39 is 5.60 Å². The lowest BCUT2D eigenvalue weighted by Gasteiger charge is -2.40. The maximum atomic E-state index is 13.1. The Morgan fingerprint density at radius 1 is 1.19 bits per heavy atom. The van der Waals surface area contributed by atoms with Crippen molar-refractivity contribution in [1.82, 2.24) is 15.6 Å². The summed E-state index contributed by atoms with van der Waals surface area (Å²) in [5.74, 6) is 0.784. The van der Waals surface area contributed by atoms with Crippen molar-refractivity contribution in [1.29, 1.82) is 0 Å². The molecule has 0 radical (unpaired) electrons. The molecule has 2 bridgehead atoms. The smallest absolute Gasteiger partial charge is 0.263 e. The molecule has 194 valence electrons. The van der Waals surface area contributed by atoms with E-state index in [1.807, 2.05) is 6.07 Å². The Morgan fingerprint density at radius 2 is 1.89 bits per heavy atom. The third-order valence-electron chi connectivity index (χ3n) is 6.80. The number of aromatic nitrogens is 1. The molecule has 0 saturated carbocycles. The Hall–Kier alpha value is -2.55. The molecule has 2 aromatic rings. The van der Waals surface area contributed by atoms with Crippen molar-refractivity contribution >= 4 is 40.8 Å². The van der Waals surface area contributed by atoms with Gasteiger partial charge < -0.3 is 25.4 Å². The van der Waals surface area contributed by atoms with Crippen molar-refractivity contribution in [3.63, 3.8) is 0 Å². The van der Waals surface area contributed by atoms with Gasteiger partial charge in [-0.05, 0) is 76.8 Å². The minimum absolute atomic E-state index is 0.0276. The fourth-order valence-corrected chi connectivity index (χ4v) is 5.38. The fourth-order valence-electron chi connectivity index (χ4n) is 4.93. The predicted molar refractivity (Wildman–Crippen MR) is 140 cm³/mol. The first kappa shape index (κ1) is 26.5. The number of carbonyl (C=O) groups excluding carboxylic acids is 2. The van der Waals surface area contributed by atoms with Crippen LogP contribution in [0.4, 0.5) is 5.82 Å². The molecular formula is C26H32Cl2N4O4. The van der Waals surface area contributed by atoms with E-state index in [4.69, 9.17) is 33.0 Å². The van der Waals surface area contributed by atoms with Crippen molar-refractivity contribution < 1.29 is 19.4 Å². The van der Waals surface area contributed by atoms with Gasteiger partial charge in [0.05, 0.1) is 17.2 Å². The second kappa shape index (κ2) is 10.8. The first-order chi connectivity index (χ1) is 17.1. The number of aliphatic hydroxyl groups excluding tert-OH is 1. The summed E-state index contributed by atoms with van der Waals surface area (Å²) in [4.78, 5) is 32.3. The maximum Gasteiger partial charge on any atom is 0.263 e. The van der Waals surface area contributed by atoms with Gasteiger partial charge in [0.25, 0.3) is 11.8 Å². The summed E-state index contributed by atoms with van der Waals surface area (Å²) >= 11 is 12.2. The molecule has 0 aliphatic carbocycles. The Bertz CT molecular complexity index is 1100. The average Bonchev–Trinajstić information content (AvgIpc) is 3.10. The number of pyridine rings is 1. The van der Waals surface area contributed by atoms with Crippen LogP contribution in [0.15, 0.2) is 36.5 Å². The van der Waals surface area contributed by atoms with Crippen molar-refractivity contribution in [2.45, 2.75) is 76.2 Å².